The van der Waals surface area contributed by atoms with E-state index in [0.717, 1.165) is 62.8 Å². The lowest BCUT2D eigenvalue weighted by Crippen LogP contribution is -2.41. The van der Waals surface area contributed by atoms with Gasteiger partial charge in [-0.2, -0.15) is 0 Å². The lowest BCUT2D eigenvalue weighted by atomic mass is 9.73. The Balaban J connectivity index is 0.00000272. The van der Waals surface area contributed by atoms with Crippen molar-refractivity contribution in [1.82, 2.24) is 15.1 Å². The summed E-state index contributed by atoms with van der Waals surface area (Å²) in [5.41, 5.74) is 2.50. The van der Waals surface area contributed by atoms with E-state index < -0.39 is 0 Å². The van der Waals surface area contributed by atoms with Gasteiger partial charge in [-0.15, -0.1) is 24.0 Å². The van der Waals surface area contributed by atoms with E-state index in [0.29, 0.717) is 12.0 Å². The maximum absolute atomic E-state index is 12.4. The average Bonchev–Trinajstić information content (AvgIpc) is 3.43. The molecule has 0 unspecified atom stereocenters. The smallest absolute Gasteiger partial charge is 0.321 e. The molecule has 7 heteroatoms. The normalized spacial score (nSPS) is 20.6. The van der Waals surface area contributed by atoms with E-state index in [1.807, 2.05) is 23.1 Å². The molecule has 3 fully saturated rings. The van der Waals surface area contributed by atoms with Gasteiger partial charge in [-0.05, 0) is 62.1 Å². The highest BCUT2D eigenvalue weighted by Crippen LogP contribution is 2.43. The van der Waals surface area contributed by atoms with Crippen molar-refractivity contribution >= 4 is 41.7 Å². The van der Waals surface area contributed by atoms with Crippen LogP contribution >= 0.6 is 24.0 Å². The van der Waals surface area contributed by atoms with Crippen molar-refractivity contribution in [2.75, 3.05) is 38.0 Å². The zero-order valence-corrected chi connectivity index (χ0v) is 21.2. The number of likely N-dealkylation sites (tertiary alicyclic amines) is 2. The molecule has 1 spiro atoms. The Morgan fingerprint density at radius 3 is 2.55 bits per heavy atom. The quantitative estimate of drug-likeness (QED) is 0.320. The standard InChI is InChI=1S/C24H37N5O.HI/c1-2-25-22(29-16-13-24(19-29)11-4-3-5-12-24)26-18-20-9-8-10-21(17-20)27-23(30)28-14-6-7-15-28;/h8-10,17H,2-7,11-16,18-19H2,1H3,(H,25,26)(H,27,30);1H. The third-order valence-electron chi connectivity index (χ3n) is 6.97. The minimum atomic E-state index is 0. The highest BCUT2D eigenvalue weighted by molar-refractivity contribution is 14.0. The molecule has 6 nitrogen and oxygen atoms in total. The summed E-state index contributed by atoms with van der Waals surface area (Å²) in [6.45, 7) is 7.62. The predicted octanol–water partition coefficient (Wildman–Crippen LogP) is 5.05. The van der Waals surface area contributed by atoms with Crippen LogP contribution in [0.25, 0.3) is 0 Å². The fourth-order valence-electron chi connectivity index (χ4n) is 5.29. The van der Waals surface area contributed by atoms with Gasteiger partial charge in [0.15, 0.2) is 5.96 Å². The molecule has 1 saturated carbocycles. The van der Waals surface area contributed by atoms with E-state index in [-0.39, 0.29) is 30.0 Å². The maximum Gasteiger partial charge on any atom is 0.321 e. The zero-order valence-electron chi connectivity index (χ0n) is 18.9. The van der Waals surface area contributed by atoms with Gasteiger partial charge in [0.2, 0.25) is 0 Å². The van der Waals surface area contributed by atoms with E-state index in [9.17, 15) is 4.79 Å². The van der Waals surface area contributed by atoms with Crippen molar-refractivity contribution in [3.05, 3.63) is 29.8 Å². The largest absolute Gasteiger partial charge is 0.357 e. The number of rotatable bonds is 4. The van der Waals surface area contributed by atoms with Gasteiger partial charge in [0.25, 0.3) is 0 Å². The Labute approximate surface area is 204 Å². The first-order valence-electron chi connectivity index (χ1n) is 11.9. The minimum absolute atomic E-state index is 0. The molecule has 0 aromatic heterocycles. The van der Waals surface area contributed by atoms with Crippen LogP contribution in [0.4, 0.5) is 10.5 Å². The van der Waals surface area contributed by atoms with Crippen LogP contribution in [0.3, 0.4) is 0 Å². The molecule has 2 N–H and O–H groups in total. The monoisotopic (exact) mass is 539 g/mol. The molecule has 0 atom stereocenters. The van der Waals surface area contributed by atoms with Crippen LogP contribution in [0, 0.1) is 5.41 Å². The molecule has 2 saturated heterocycles. The number of aliphatic imine (C=N–C) groups is 1. The number of carbonyl (C=O) groups is 1. The van der Waals surface area contributed by atoms with Crippen molar-refractivity contribution in [2.45, 2.75) is 64.8 Å². The zero-order chi connectivity index (χ0) is 20.8. The van der Waals surface area contributed by atoms with Crippen LogP contribution in [-0.2, 0) is 6.54 Å². The number of urea groups is 1. The minimum Gasteiger partial charge on any atom is -0.357 e. The number of nitrogens with zero attached hydrogens (tertiary/aromatic N) is 3. The van der Waals surface area contributed by atoms with Crippen LogP contribution in [0.5, 0.6) is 0 Å². The number of hydrogen-bond donors (Lipinski definition) is 2. The second kappa shape index (κ2) is 11.4. The summed E-state index contributed by atoms with van der Waals surface area (Å²) in [5, 5.41) is 6.54. The Kier molecular flexibility index (Phi) is 8.86. The van der Waals surface area contributed by atoms with E-state index in [1.165, 1.54) is 38.5 Å². The predicted molar refractivity (Wildman–Crippen MR) is 138 cm³/mol. The molecule has 2 heterocycles. The van der Waals surface area contributed by atoms with Crippen molar-refractivity contribution in [3.63, 3.8) is 0 Å². The van der Waals surface area contributed by atoms with Crippen LogP contribution in [-0.4, -0.2) is 54.5 Å². The van der Waals surface area contributed by atoms with E-state index >= 15 is 0 Å². The highest BCUT2D eigenvalue weighted by atomic mass is 127. The van der Waals surface area contributed by atoms with Crippen molar-refractivity contribution in [2.24, 2.45) is 10.4 Å². The third-order valence-corrected chi connectivity index (χ3v) is 6.97. The Bertz CT molecular complexity index is 756. The van der Waals surface area contributed by atoms with Gasteiger partial charge in [-0.1, -0.05) is 31.4 Å². The van der Waals surface area contributed by atoms with Crippen LogP contribution in [0.1, 0.15) is 63.9 Å². The van der Waals surface area contributed by atoms with Crippen LogP contribution < -0.4 is 10.6 Å². The van der Waals surface area contributed by atoms with E-state index in [1.54, 1.807) is 0 Å². The van der Waals surface area contributed by atoms with Gasteiger partial charge in [0.1, 0.15) is 0 Å². The topological polar surface area (TPSA) is 60.0 Å². The molecule has 2 aliphatic heterocycles. The first-order valence-corrected chi connectivity index (χ1v) is 11.9. The molecule has 2 amide bonds. The Morgan fingerprint density at radius 1 is 1.03 bits per heavy atom. The van der Waals surface area contributed by atoms with Gasteiger partial charge in [0, 0.05) is 38.4 Å². The van der Waals surface area contributed by atoms with Gasteiger partial charge in [-0.3, -0.25) is 0 Å². The van der Waals surface area contributed by atoms with Gasteiger partial charge in [-0.25, -0.2) is 9.79 Å². The van der Waals surface area contributed by atoms with Crippen LogP contribution in [0.2, 0.25) is 0 Å². The molecule has 31 heavy (non-hydrogen) atoms. The van der Waals surface area contributed by atoms with Gasteiger partial charge in [0.05, 0.1) is 6.54 Å². The lowest BCUT2D eigenvalue weighted by Gasteiger charge is -2.33. The highest BCUT2D eigenvalue weighted by Gasteiger charge is 2.39. The Morgan fingerprint density at radius 2 is 1.81 bits per heavy atom. The van der Waals surface area contributed by atoms with Crippen molar-refractivity contribution < 1.29 is 4.79 Å². The summed E-state index contributed by atoms with van der Waals surface area (Å²) in [7, 11) is 0. The fraction of sp³-hybridized carbons (Fsp3) is 0.667. The molecule has 1 aliphatic carbocycles. The number of halogens is 1. The summed E-state index contributed by atoms with van der Waals surface area (Å²) in [6, 6.07) is 8.11. The van der Waals surface area contributed by atoms with Crippen molar-refractivity contribution in [3.8, 4) is 0 Å². The number of amides is 2. The molecule has 1 aromatic carbocycles. The molecule has 4 rings (SSSR count). The van der Waals surface area contributed by atoms with Gasteiger partial charge < -0.3 is 20.4 Å². The van der Waals surface area contributed by atoms with E-state index in [2.05, 4.69) is 28.5 Å². The first kappa shape index (κ1) is 24.1. The van der Waals surface area contributed by atoms with E-state index in [4.69, 9.17) is 4.99 Å². The molecule has 3 aliphatic rings. The summed E-state index contributed by atoms with van der Waals surface area (Å²) >= 11 is 0. The molecule has 0 radical (unpaired) electrons. The fourth-order valence-corrected chi connectivity index (χ4v) is 5.29. The number of carbonyl (C=O) groups excluding carboxylic acids is 1. The number of hydrogen-bond acceptors (Lipinski definition) is 2. The second-order valence-corrected chi connectivity index (χ2v) is 9.23. The molecular weight excluding hydrogens is 501 g/mol. The molecule has 172 valence electrons. The number of nitrogens with one attached hydrogen (secondary N) is 2. The number of anilines is 1. The number of benzene rings is 1. The summed E-state index contributed by atoms with van der Waals surface area (Å²) in [5.74, 6) is 1.03. The lowest BCUT2D eigenvalue weighted by molar-refractivity contribution is 0.203. The van der Waals surface area contributed by atoms with Crippen LogP contribution in [0.15, 0.2) is 29.3 Å². The third kappa shape index (κ3) is 6.26. The number of guanidine groups is 1. The van der Waals surface area contributed by atoms with Crippen molar-refractivity contribution in [1.29, 1.82) is 0 Å². The molecular formula is C24H38IN5O. The molecule has 1 aromatic rings. The maximum atomic E-state index is 12.4. The van der Waals surface area contributed by atoms with Gasteiger partial charge >= 0.3 is 6.03 Å². The molecule has 0 bridgehead atoms. The average molecular weight is 540 g/mol. The summed E-state index contributed by atoms with van der Waals surface area (Å²) < 4.78 is 0. The SMILES string of the molecule is CCNC(=NCc1cccc(NC(=O)N2CCCC2)c1)N1CCC2(CCCCC2)C1.I. The second-order valence-electron chi connectivity index (χ2n) is 9.23. The first-order chi connectivity index (χ1) is 14.7. The summed E-state index contributed by atoms with van der Waals surface area (Å²) in [6.07, 6.45) is 10.4. The Hall–Kier alpha value is -1.51. The summed E-state index contributed by atoms with van der Waals surface area (Å²) in [4.78, 5) is 21.7.